The van der Waals surface area contributed by atoms with Crippen molar-refractivity contribution in [2.75, 3.05) is 7.11 Å². The first-order chi connectivity index (χ1) is 12.2. The number of ether oxygens (including phenoxy) is 1. The van der Waals surface area contributed by atoms with Crippen LogP contribution in [0.2, 0.25) is 18.0 Å². The van der Waals surface area contributed by atoms with E-state index in [1.54, 1.807) is 7.11 Å². The fourth-order valence-corrected chi connectivity index (χ4v) is 8.49. The highest BCUT2D eigenvalue weighted by molar-refractivity contribution is 6.62. The second-order valence-electron chi connectivity index (χ2n) is 11.7. The van der Waals surface area contributed by atoms with Crippen LogP contribution in [0.25, 0.3) is 0 Å². The average Bonchev–Trinajstić information content (AvgIpc) is 2.59. The Kier molecular flexibility index (Phi) is 4.60. The molecule has 0 N–H and O–H groups in total. The van der Waals surface area contributed by atoms with Crippen molar-refractivity contribution in [3.63, 3.8) is 0 Å². The van der Waals surface area contributed by atoms with Crippen molar-refractivity contribution >= 4 is 6.71 Å². The molecular formula is C24H41BO. The van der Waals surface area contributed by atoms with Gasteiger partial charge in [-0.05, 0) is 59.2 Å². The van der Waals surface area contributed by atoms with Gasteiger partial charge >= 0.3 is 0 Å². The third kappa shape index (κ3) is 2.56. The number of hydrogen-bond acceptors (Lipinski definition) is 1. The molecule has 8 atom stereocenters. The molecule has 6 fully saturated rings. The molecule has 0 aromatic heterocycles. The lowest BCUT2D eigenvalue weighted by Gasteiger charge is -2.66. The third-order valence-corrected chi connectivity index (χ3v) is 10.6. The van der Waals surface area contributed by atoms with E-state index in [4.69, 9.17) is 4.74 Å². The summed E-state index contributed by atoms with van der Waals surface area (Å²) < 4.78 is 5.27. The van der Waals surface area contributed by atoms with Crippen LogP contribution in [0, 0.1) is 46.3 Å². The number of methoxy groups -OCH3 is 1. The van der Waals surface area contributed by atoms with E-state index < -0.39 is 0 Å². The van der Waals surface area contributed by atoms with Crippen LogP contribution in [0.5, 0.6) is 0 Å². The Labute approximate surface area is 162 Å². The maximum atomic E-state index is 5.27. The zero-order valence-electron chi connectivity index (χ0n) is 18.3. The van der Waals surface area contributed by atoms with Gasteiger partial charge in [-0.15, -0.1) is 0 Å². The molecule has 0 aliphatic heterocycles. The van der Waals surface area contributed by atoms with Crippen LogP contribution < -0.4 is 0 Å². The number of rotatable bonds is 5. The molecule has 26 heavy (non-hydrogen) atoms. The average molecular weight is 356 g/mol. The molecule has 0 radical (unpaired) electrons. The summed E-state index contributed by atoms with van der Waals surface area (Å²) in [6.07, 6.45) is 11.5. The summed E-state index contributed by atoms with van der Waals surface area (Å²) in [5.74, 6) is 7.54. The Balaban J connectivity index is 1.55. The lowest BCUT2D eigenvalue weighted by Crippen LogP contribution is -2.59. The normalized spacial score (nSPS) is 47.8. The molecule has 0 aromatic rings. The van der Waals surface area contributed by atoms with Gasteiger partial charge in [0.1, 0.15) is 0 Å². The topological polar surface area (TPSA) is 9.23 Å². The van der Waals surface area contributed by atoms with Gasteiger partial charge in [0.25, 0.3) is 0 Å². The Morgan fingerprint density at radius 1 is 0.846 bits per heavy atom. The van der Waals surface area contributed by atoms with Crippen LogP contribution in [-0.4, -0.2) is 13.8 Å². The molecule has 0 saturated heterocycles. The molecule has 1 nitrogen and oxygen atoms in total. The van der Waals surface area contributed by atoms with Gasteiger partial charge in [-0.25, -0.2) is 0 Å². The minimum atomic E-state index is 0.602. The fraction of sp³-hybridized carbons (Fsp3) is 0.917. The highest BCUT2D eigenvalue weighted by atomic mass is 16.5. The summed E-state index contributed by atoms with van der Waals surface area (Å²) in [5, 5.41) is 0. The lowest BCUT2D eigenvalue weighted by atomic mass is 9.20. The van der Waals surface area contributed by atoms with Crippen molar-refractivity contribution in [2.24, 2.45) is 46.3 Å². The third-order valence-electron chi connectivity index (χ3n) is 10.6. The Morgan fingerprint density at radius 3 is 1.65 bits per heavy atom. The van der Waals surface area contributed by atoms with E-state index in [-0.39, 0.29) is 0 Å². The first-order valence-electron chi connectivity index (χ1n) is 11.4. The smallest absolute Gasteiger partial charge is 0.150 e. The molecule has 6 aliphatic carbocycles. The summed E-state index contributed by atoms with van der Waals surface area (Å²) in [4.78, 5) is 0. The molecule has 6 rings (SSSR count). The van der Waals surface area contributed by atoms with Gasteiger partial charge in [0.2, 0.25) is 0 Å². The monoisotopic (exact) mass is 356 g/mol. The lowest BCUT2D eigenvalue weighted by molar-refractivity contribution is -0.107. The number of fused-ring (bicyclic) bond motifs is 4. The van der Waals surface area contributed by atoms with Crippen molar-refractivity contribution < 1.29 is 4.74 Å². The number of hydrogen-bond donors (Lipinski definition) is 0. The van der Waals surface area contributed by atoms with Gasteiger partial charge in [-0.3, -0.25) is 0 Å². The van der Waals surface area contributed by atoms with Crippen LogP contribution >= 0.6 is 0 Å². The molecule has 146 valence electrons. The van der Waals surface area contributed by atoms with E-state index in [0.717, 1.165) is 53.9 Å². The highest BCUT2D eigenvalue weighted by Gasteiger charge is 2.61. The molecule has 0 unspecified atom stereocenters. The minimum absolute atomic E-state index is 0.602. The minimum Gasteiger partial charge on any atom is -0.505 e. The van der Waals surface area contributed by atoms with Crippen molar-refractivity contribution in [3.05, 3.63) is 12.3 Å². The molecule has 6 aliphatic rings. The van der Waals surface area contributed by atoms with Gasteiger partial charge in [-0.1, -0.05) is 78.4 Å². The molecule has 2 heteroatoms. The van der Waals surface area contributed by atoms with Crippen LogP contribution in [0.1, 0.15) is 67.2 Å². The van der Waals surface area contributed by atoms with E-state index in [2.05, 4.69) is 47.6 Å². The zero-order chi connectivity index (χ0) is 18.9. The van der Waals surface area contributed by atoms with Gasteiger partial charge in [0, 0.05) is 0 Å². The summed E-state index contributed by atoms with van der Waals surface area (Å²) in [5.41, 5.74) is 1.20. The van der Waals surface area contributed by atoms with Crippen molar-refractivity contribution in [3.8, 4) is 0 Å². The van der Waals surface area contributed by atoms with E-state index in [1.807, 2.05) is 6.26 Å². The summed E-state index contributed by atoms with van der Waals surface area (Å²) >= 11 is 0. The van der Waals surface area contributed by atoms with Gasteiger partial charge < -0.3 is 4.74 Å². The zero-order valence-corrected chi connectivity index (χ0v) is 18.3. The predicted molar refractivity (Wildman–Crippen MR) is 113 cm³/mol. The summed E-state index contributed by atoms with van der Waals surface area (Å²) in [6, 6.07) is 0. The molecular weight excluding hydrogens is 315 g/mol. The summed E-state index contributed by atoms with van der Waals surface area (Å²) in [6.45, 7) is 16.2. The SMILES string of the molecule is CO/C=C\CB([C@H]1C[C@H]2C[C@@H]([C@@H]1C)C2(C)C)[C@H]1C[C@H]2C[C@@H]([C@@H]1C)C2(C)C. The van der Waals surface area contributed by atoms with Crippen LogP contribution in [-0.2, 0) is 4.74 Å². The van der Waals surface area contributed by atoms with Gasteiger partial charge in [-0.2, -0.15) is 0 Å². The van der Waals surface area contributed by atoms with E-state index in [0.29, 0.717) is 10.8 Å². The van der Waals surface area contributed by atoms with Crippen LogP contribution in [0.4, 0.5) is 0 Å². The standard InChI is InChI=1S/C24H41BO/c1-15-19-11-17(23(19,3)4)13-21(15)25(9-8-10-26-7)22-14-18-12-20(16(22)2)24(18,5)6/h8,10,15-22H,9,11-14H2,1-7H3/b10-8-/t15-,16-,17+,18+,19-,20-,21-,22-/m0/s1. The molecule has 0 amide bonds. The van der Waals surface area contributed by atoms with Gasteiger partial charge in [0.05, 0.1) is 13.4 Å². The molecule has 0 heterocycles. The number of allylic oxidation sites excluding steroid dienone is 1. The van der Waals surface area contributed by atoms with Crippen LogP contribution in [0.3, 0.4) is 0 Å². The second kappa shape index (κ2) is 6.31. The Hall–Kier alpha value is -0.395. The Bertz CT molecular complexity index is 523. The summed E-state index contributed by atoms with van der Waals surface area (Å²) in [7, 11) is 1.79. The first-order valence-corrected chi connectivity index (χ1v) is 11.4. The second-order valence-corrected chi connectivity index (χ2v) is 11.7. The molecule has 0 spiro atoms. The van der Waals surface area contributed by atoms with Crippen molar-refractivity contribution in [2.45, 2.75) is 85.2 Å². The maximum absolute atomic E-state index is 5.27. The van der Waals surface area contributed by atoms with Crippen LogP contribution in [0.15, 0.2) is 12.3 Å². The largest absolute Gasteiger partial charge is 0.505 e. The quantitative estimate of drug-likeness (QED) is 0.389. The van der Waals surface area contributed by atoms with E-state index in [9.17, 15) is 0 Å². The maximum Gasteiger partial charge on any atom is 0.150 e. The van der Waals surface area contributed by atoms with Gasteiger partial charge in [0.15, 0.2) is 6.71 Å². The van der Waals surface area contributed by atoms with E-state index >= 15 is 0 Å². The molecule has 0 aromatic carbocycles. The van der Waals surface area contributed by atoms with Crippen molar-refractivity contribution in [1.82, 2.24) is 0 Å². The van der Waals surface area contributed by atoms with E-state index in [1.165, 1.54) is 32.0 Å². The first kappa shape index (κ1) is 18.9. The highest BCUT2D eigenvalue weighted by Crippen LogP contribution is 2.69. The van der Waals surface area contributed by atoms with Crippen molar-refractivity contribution in [1.29, 1.82) is 0 Å². The fourth-order valence-electron chi connectivity index (χ4n) is 8.49. The predicted octanol–water partition coefficient (Wildman–Crippen LogP) is 6.79. The molecule has 4 bridgehead atoms. The Morgan fingerprint density at radius 2 is 1.31 bits per heavy atom. The molecule has 6 saturated carbocycles.